The number of oxazole rings is 1. The first-order chi connectivity index (χ1) is 8.16. The minimum Gasteiger partial charge on any atom is -0.439 e. The molecule has 0 aromatic carbocycles. The summed E-state index contributed by atoms with van der Waals surface area (Å²) in [5.41, 5.74) is 0.945. The van der Waals surface area contributed by atoms with Gasteiger partial charge in [0.2, 0.25) is 0 Å². The minimum atomic E-state index is 0.488. The highest BCUT2D eigenvalue weighted by atomic mass is 16.4. The van der Waals surface area contributed by atoms with Crippen LogP contribution in [0.1, 0.15) is 19.7 Å². The van der Waals surface area contributed by atoms with E-state index in [9.17, 15) is 0 Å². The monoisotopic (exact) mass is 234 g/mol. The van der Waals surface area contributed by atoms with E-state index in [0.29, 0.717) is 6.04 Å². The van der Waals surface area contributed by atoms with Gasteiger partial charge in [-0.25, -0.2) is 4.98 Å². The lowest BCUT2D eigenvalue weighted by Crippen LogP contribution is -2.24. The van der Waals surface area contributed by atoms with Crippen LogP contribution in [0.25, 0.3) is 11.5 Å². The SMILES string of the molecule is CC(C)NCCc1ncc(-c2ccnn2C)o1. The fourth-order valence-electron chi connectivity index (χ4n) is 1.63. The number of hydrogen-bond donors (Lipinski definition) is 1. The van der Waals surface area contributed by atoms with E-state index >= 15 is 0 Å². The van der Waals surface area contributed by atoms with E-state index in [4.69, 9.17) is 4.42 Å². The molecule has 0 amide bonds. The van der Waals surface area contributed by atoms with Crippen molar-refractivity contribution in [1.82, 2.24) is 20.1 Å². The fourth-order valence-corrected chi connectivity index (χ4v) is 1.63. The van der Waals surface area contributed by atoms with Crippen LogP contribution >= 0.6 is 0 Å². The highest BCUT2D eigenvalue weighted by Crippen LogP contribution is 2.18. The van der Waals surface area contributed by atoms with E-state index in [-0.39, 0.29) is 0 Å². The summed E-state index contributed by atoms with van der Waals surface area (Å²) >= 11 is 0. The van der Waals surface area contributed by atoms with Crippen LogP contribution in [-0.2, 0) is 13.5 Å². The Balaban J connectivity index is 1.99. The molecule has 17 heavy (non-hydrogen) atoms. The maximum Gasteiger partial charge on any atom is 0.196 e. The molecule has 0 saturated heterocycles. The predicted molar refractivity (Wildman–Crippen MR) is 65.5 cm³/mol. The average Bonchev–Trinajstić information content (AvgIpc) is 2.86. The maximum atomic E-state index is 5.68. The molecule has 1 N–H and O–H groups in total. The molecule has 2 heterocycles. The van der Waals surface area contributed by atoms with Gasteiger partial charge in [0.15, 0.2) is 11.7 Å². The second-order valence-electron chi connectivity index (χ2n) is 4.32. The Hall–Kier alpha value is -1.62. The van der Waals surface area contributed by atoms with E-state index in [1.54, 1.807) is 17.1 Å². The third kappa shape index (κ3) is 2.94. The molecule has 0 atom stereocenters. The molecule has 0 unspecified atom stereocenters. The standard InChI is InChI=1S/C12H18N4O/c1-9(2)13-6-5-12-14-8-11(17-12)10-4-7-15-16(10)3/h4,7-9,13H,5-6H2,1-3H3. The van der Waals surface area contributed by atoms with Crippen molar-refractivity contribution in [3.05, 3.63) is 24.4 Å². The molecular formula is C12H18N4O. The van der Waals surface area contributed by atoms with Crippen molar-refractivity contribution in [2.45, 2.75) is 26.3 Å². The zero-order valence-corrected chi connectivity index (χ0v) is 10.5. The molecule has 2 aromatic heterocycles. The zero-order chi connectivity index (χ0) is 12.3. The average molecular weight is 234 g/mol. The van der Waals surface area contributed by atoms with Crippen LogP contribution in [0.2, 0.25) is 0 Å². The lowest BCUT2D eigenvalue weighted by Gasteiger charge is -2.05. The molecule has 0 radical (unpaired) electrons. The molecule has 0 aliphatic rings. The van der Waals surface area contributed by atoms with Gasteiger partial charge in [-0.3, -0.25) is 4.68 Å². The fraction of sp³-hybridized carbons (Fsp3) is 0.500. The molecule has 2 rings (SSSR count). The second-order valence-corrected chi connectivity index (χ2v) is 4.32. The second kappa shape index (κ2) is 5.14. The van der Waals surface area contributed by atoms with Gasteiger partial charge in [0, 0.05) is 32.3 Å². The van der Waals surface area contributed by atoms with Gasteiger partial charge in [0.05, 0.1) is 6.20 Å². The van der Waals surface area contributed by atoms with Gasteiger partial charge in [-0.05, 0) is 6.07 Å². The first-order valence-electron chi connectivity index (χ1n) is 5.83. The summed E-state index contributed by atoms with van der Waals surface area (Å²) in [4.78, 5) is 4.26. The first-order valence-corrected chi connectivity index (χ1v) is 5.83. The van der Waals surface area contributed by atoms with Crippen molar-refractivity contribution in [3.63, 3.8) is 0 Å². The lowest BCUT2D eigenvalue weighted by atomic mass is 10.3. The number of nitrogens with one attached hydrogen (secondary N) is 1. The summed E-state index contributed by atoms with van der Waals surface area (Å²) in [5, 5.41) is 7.44. The summed E-state index contributed by atoms with van der Waals surface area (Å²) in [6.07, 6.45) is 4.30. The summed E-state index contributed by atoms with van der Waals surface area (Å²) in [6.45, 7) is 5.12. The molecule has 0 spiro atoms. The van der Waals surface area contributed by atoms with Crippen LogP contribution in [0.5, 0.6) is 0 Å². The van der Waals surface area contributed by atoms with Gasteiger partial charge in [-0.2, -0.15) is 5.10 Å². The number of hydrogen-bond acceptors (Lipinski definition) is 4. The summed E-state index contributed by atoms with van der Waals surface area (Å²) < 4.78 is 7.45. The van der Waals surface area contributed by atoms with Gasteiger partial charge >= 0.3 is 0 Å². The van der Waals surface area contributed by atoms with E-state index in [1.807, 2.05) is 13.1 Å². The summed E-state index contributed by atoms with van der Waals surface area (Å²) in [6, 6.07) is 2.40. The molecule has 5 nitrogen and oxygen atoms in total. The largest absolute Gasteiger partial charge is 0.439 e. The van der Waals surface area contributed by atoms with E-state index in [1.165, 1.54) is 0 Å². The number of rotatable bonds is 5. The number of aromatic nitrogens is 3. The maximum absolute atomic E-state index is 5.68. The quantitative estimate of drug-likeness (QED) is 0.854. The summed E-state index contributed by atoms with van der Waals surface area (Å²) in [7, 11) is 1.89. The van der Waals surface area contributed by atoms with Gasteiger partial charge < -0.3 is 9.73 Å². The molecular weight excluding hydrogens is 216 g/mol. The third-order valence-electron chi connectivity index (χ3n) is 2.52. The topological polar surface area (TPSA) is 55.9 Å². The minimum absolute atomic E-state index is 0.488. The van der Waals surface area contributed by atoms with Crippen LogP contribution in [0.4, 0.5) is 0 Å². The molecule has 0 bridgehead atoms. The number of aryl methyl sites for hydroxylation is 1. The van der Waals surface area contributed by atoms with Crippen molar-refractivity contribution < 1.29 is 4.42 Å². The van der Waals surface area contributed by atoms with Gasteiger partial charge in [-0.1, -0.05) is 13.8 Å². The van der Waals surface area contributed by atoms with Gasteiger partial charge in [0.25, 0.3) is 0 Å². The Morgan fingerprint density at radius 1 is 1.47 bits per heavy atom. The van der Waals surface area contributed by atoms with Crippen molar-refractivity contribution in [1.29, 1.82) is 0 Å². The summed E-state index contributed by atoms with van der Waals surface area (Å²) in [5.74, 6) is 1.53. The molecule has 0 aliphatic carbocycles. The molecule has 2 aromatic rings. The molecule has 0 saturated carbocycles. The van der Waals surface area contributed by atoms with Crippen molar-refractivity contribution in [3.8, 4) is 11.5 Å². The third-order valence-corrected chi connectivity index (χ3v) is 2.52. The van der Waals surface area contributed by atoms with E-state index < -0.39 is 0 Å². The molecule has 0 aliphatic heterocycles. The smallest absolute Gasteiger partial charge is 0.196 e. The van der Waals surface area contributed by atoms with Crippen LogP contribution in [0.3, 0.4) is 0 Å². The Morgan fingerprint density at radius 3 is 2.94 bits per heavy atom. The first kappa shape index (κ1) is 11.9. The highest BCUT2D eigenvalue weighted by Gasteiger charge is 2.09. The number of nitrogens with zero attached hydrogens (tertiary/aromatic N) is 3. The van der Waals surface area contributed by atoms with Crippen molar-refractivity contribution >= 4 is 0 Å². The van der Waals surface area contributed by atoms with E-state index in [0.717, 1.165) is 30.3 Å². The Morgan fingerprint density at radius 2 is 2.29 bits per heavy atom. The predicted octanol–water partition coefficient (Wildman–Crippen LogP) is 1.62. The highest BCUT2D eigenvalue weighted by molar-refractivity contribution is 5.50. The molecule has 92 valence electrons. The van der Waals surface area contributed by atoms with Crippen molar-refractivity contribution in [2.75, 3.05) is 6.54 Å². The van der Waals surface area contributed by atoms with Crippen LogP contribution < -0.4 is 5.32 Å². The van der Waals surface area contributed by atoms with Crippen LogP contribution in [0.15, 0.2) is 22.9 Å². The van der Waals surface area contributed by atoms with Crippen molar-refractivity contribution in [2.24, 2.45) is 7.05 Å². The Bertz CT molecular complexity index is 472. The normalized spacial score (nSPS) is 11.3. The lowest BCUT2D eigenvalue weighted by molar-refractivity contribution is 0.481. The van der Waals surface area contributed by atoms with E-state index in [2.05, 4.69) is 29.2 Å². The molecule has 0 fully saturated rings. The Labute approximate surface area is 101 Å². The van der Waals surface area contributed by atoms with Crippen LogP contribution in [0, 0.1) is 0 Å². The van der Waals surface area contributed by atoms with Gasteiger partial charge in [-0.15, -0.1) is 0 Å². The van der Waals surface area contributed by atoms with Gasteiger partial charge in [0.1, 0.15) is 5.69 Å². The zero-order valence-electron chi connectivity index (χ0n) is 10.5. The van der Waals surface area contributed by atoms with Crippen LogP contribution in [-0.4, -0.2) is 27.4 Å². The Kier molecular flexibility index (Phi) is 3.58. The molecule has 5 heteroatoms.